The molecule has 1 heterocycles. The zero-order valence-electron chi connectivity index (χ0n) is 20.1. The van der Waals surface area contributed by atoms with Crippen molar-refractivity contribution in [3.8, 4) is 0 Å². The van der Waals surface area contributed by atoms with Crippen molar-refractivity contribution in [2.75, 3.05) is 0 Å². The molecule has 1 saturated carbocycles. The van der Waals surface area contributed by atoms with Crippen LogP contribution in [0, 0.1) is 12.8 Å². The Labute approximate surface area is 218 Å². The number of aromatic nitrogens is 2. The summed E-state index contributed by atoms with van der Waals surface area (Å²) in [5, 5.41) is 0. The molecule has 1 fully saturated rings. The summed E-state index contributed by atoms with van der Waals surface area (Å²) in [6.45, 7) is 3.04. The zero-order valence-corrected chi connectivity index (χ0v) is 21.6. The van der Waals surface area contributed by atoms with Gasteiger partial charge in [-0.25, -0.2) is 9.13 Å². The van der Waals surface area contributed by atoms with E-state index >= 15 is 0 Å². The number of amides is 1. The Bertz CT molecular complexity index is 1220. The van der Waals surface area contributed by atoms with Gasteiger partial charge in [-0.1, -0.05) is 91.0 Å². The molecular weight excluding hydrogens is 498 g/mol. The molecule has 1 aliphatic rings. The van der Waals surface area contributed by atoms with Crippen LogP contribution in [0.5, 0.6) is 0 Å². The molecule has 1 amide bonds. The van der Waals surface area contributed by atoms with Crippen LogP contribution < -0.4 is 27.3 Å². The summed E-state index contributed by atoms with van der Waals surface area (Å²) in [6, 6.07) is 31.1. The predicted octanol–water partition coefficient (Wildman–Crippen LogP) is 1.95. The minimum absolute atomic E-state index is 0. The van der Waals surface area contributed by atoms with Gasteiger partial charge in [0.15, 0.2) is 0 Å². The number of benzene rings is 3. The second-order valence-electron chi connectivity index (χ2n) is 9.43. The predicted molar refractivity (Wildman–Crippen MR) is 134 cm³/mol. The zero-order chi connectivity index (χ0) is 23.5. The highest BCUT2D eigenvalue weighted by molar-refractivity contribution is 5.91. The maximum Gasteiger partial charge on any atom is 0.253 e. The van der Waals surface area contributed by atoms with Crippen molar-refractivity contribution >= 4 is 5.91 Å². The van der Waals surface area contributed by atoms with Gasteiger partial charge in [-0.05, 0) is 41.9 Å². The van der Waals surface area contributed by atoms with E-state index in [1.165, 1.54) is 11.4 Å². The lowest BCUT2D eigenvalue weighted by Gasteiger charge is -2.37. The number of hydrogen-bond acceptors (Lipinski definition) is 1. The molecule has 3 aromatic carbocycles. The van der Waals surface area contributed by atoms with E-state index in [4.69, 9.17) is 5.73 Å². The quantitative estimate of drug-likeness (QED) is 0.365. The molecule has 0 unspecified atom stereocenters. The van der Waals surface area contributed by atoms with E-state index in [1.807, 2.05) is 36.4 Å². The third-order valence-corrected chi connectivity index (χ3v) is 7.65. The number of nitrogens with zero attached hydrogens (tertiary/aromatic N) is 2. The Balaban J connectivity index is 0.00000289. The van der Waals surface area contributed by atoms with Gasteiger partial charge in [0.2, 0.25) is 5.91 Å². The van der Waals surface area contributed by atoms with E-state index in [2.05, 4.69) is 83.0 Å². The average molecular weight is 531 g/mol. The fourth-order valence-electron chi connectivity index (χ4n) is 5.98. The number of nitrogens with two attached hydrogens (primary N) is 1. The van der Waals surface area contributed by atoms with Gasteiger partial charge in [0.25, 0.3) is 5.82 Å². The molecule has 5 heteroatoms. The summed E-state index contributed by atoms with van der Waals surface area (Å²) in [4.78, 5) is 13.3. The van der Waals surface area contributed by atoms with Crippen molar-refractivity contribution in [2.24, 2.45) is 11.7 Å². The summed E-state index contributed by atoms with van der Waals surface area (Å²) < 4.78 is 4.70. The van der Waals surface area contributed by atoms with Crippen LogP contribution in [-0.2, 0) is 16.8 Å². The van der Waals surface area contributed by atoms with Gasteiger partial charge in [0.1, 0.15) is 30.4 Å². The number of hydrogen-bond donors (Lipinski definition) is 1. The summed E-state index contributed by atoms with van der Waals surface area (Å²) in [5.41, 5.74) is 8.70. The lowest BCUT2D eigenvalue weighted by Crippen LogP contribution is -3.00. The number of primary amides is 1. The average Bonchev–Trinajstić information content (AvgIpc) is 3.49. The van der Waals surface area contributed by atoms with Gasteiger partial charge in [0.05, 0.1) is 0 Å². The second kappa shape index (κ2) is 10.6. The largest absolute Gasteiger partial charge is 1.00 e. The molecule has 180 valence electrons. The fraction of sp³-hybridized carbons (Fsp3) is 0.267. The number of rotatable bonds is 7. The van der Waals surface area contributed by atoms with Crippen LogP contribution >= 0.6 is 0 Å². The van der Waals surface area contributed by atoms with Gasteiger partial charge in [-0.3, -0.25) is 4.79 Å². The van der Waals surface area contributed by atoms with Crippen molar-refractivity contribution in [1.29, 1.82) is 0 Å². The molecule has 0 aliphatic heterocycles. The highest BCUT2D eigenvalue weighted by atomic mass is 79.9. The molecule has 2 atom stereocenters. The van der Waals surface area contributed by atoms with E-state index in [0.29, 0.717) is 6.04 Å². The second-order valence-corrected chi connectivity index (χ2v) is 9.43. The molecular formula is C30H32BrN3O. The summed E-state index contributed by atoms with van der Waals surface area (Å²) in [5.74, 6) is 1.10. The van der Waals surface area contributed by atoms with Gasteiger partial charge in [-0.2, -0.15) is 0 Å². The Hall–Kier alpha value is -3.18. The molecule has 2 N–H and O–H groups in total. The number of carbonyl (C=O) groups is 1. The van der Waals surface area contributed by atoms with Crippen LogP contribution in [0.4, 0.5) is 0 Å². The Morgan fingerprint density at radius 2 is 1.46 bits per heavy atom. The Morgan fingerprint density at radius 1 is 0.914 bits per heavy atom. The summed E-state index contributed by atoms with van der Waals surface area (Å²) in [7, 11) is 0. The normalized spacial score (nSPS) is 17.6. The third kappa shape index (κ3) is 4.57. The first-order chi connectivity index (χ1) is 16.6. The first-order valence-electron chi connectivity index (χ1n) is 12.1. The third-order valence-electron chi connectivity index (χ3n) is 7.65. The number of carbonyl (C=O) groups excluding carboxylic acids is 1. The summed E-state index contributed by atoms with van der Waals surface area (Å²) in [6.07, 6.45) is 7.26. The molecule has 0 bridgehead atoms. The topological polar surface area (TPSA) is 51.9 Å². The standard InChI is InChI=1S/C30H31N3O.BrH/c1-23-32(22-24-11-5-2-6-12-24)19-20-33(23)28-18-17-27(21-28)30(29(31)34,25-13-7-3-8-14-25)26-15-9-4-10-16-26;/h2-16,19-20,27-28H,17-18,21-22H2,1H3,(H-,31,34);1H/t27-,28-;/m0./s1. The van der Waals surface area contributed by atoms with E-state index in [-0.39, 0.29) is 28.8 Å². The number of halogens is 1. The van der Waals surface area contributed by atoms with Crippen LogP contribution in [-0.4, -0.2) is 10.5 Å². The highest BCUT2D eigenvalue weighted by Crippen LogP contribution is 2.48. The Kier molecular flexibility index (Phi) is 7.56. The van der Waals surface area contributed by atoms with Gasteiger partial charge in [-0.15, -0.1) is 0 Å². The first kappa shape index (κ1) is 24.9. The van der Waals surface area contributed by atoms with Gasteiger partial charge in [0, 0.05) is 6.92 Å². The van der Waals surface area contributed by atoms with E-state index in [0.717, 1.165) is 36.9 Å². The highest BCUT2D eigenvalue weighted by Gasteiger charge is 2.51. The van der Waals surface area contributed by atoms with Crippen LogP contribution in [0.1, 0.15) is 47.8 Å². The molecule has 0 spiro atoms. The molecule has 35 heavy (non-hydrogen) atoms. The minimum Gasteiger partial charge on any atom is -1.00 e. The monoisotopic (exact) mass is 529 g/mol. The smallest absolute Gasteiger partial charge is 0.253 e. The van der Waals surface area contributed by atoms with Crippen molar-refractivity contribution in [1.82, 2.24) is 4.57 Å². The maximum atomic E-state index is 13.3. The lowest BCUT2D eigenvalue weighted by molar-refractivity contribution is -0.727. The molecule has 5 rings (SSSR count). The van der Waals surface area contributed by atoms with Gasteiger partial charge >= 0.3 is 0 Å². The van der Waals surface area contributed by atoms with Crippen LogP contribution in [0.15, 0.2) is 103 Å². The van der Waals surface area contributed by atoms with Crippen LogP contribution in [0.3, 0.4) is 0 Å². The van der Waals surface area contributed by atoms with Crippen LogP contribution in [0.25, 0.3) is 0 Å². The first-order valence-corrected chi connectivity index (χ1v) is 12.1. The van der Waals surface area contributed by atoms with E-state index in [9.17, 15) is 4.79 Å². The van der Waals surface area contributed by atoms with Gasteiger partial charge < -0.3 is 22.7 Å². The maximum absolute atomic E-state index is 13.3. The van der Waals surface area contributed by atoms with E-state index in [1.54, 1.807) is 0 Å². The molecule has 4 aromatic rings. The molecule has 1 aliphatic carbocycles. The Morgan fingerprint density at radius 3 is 2.00 bits per heavy atom. The van der Waals surface area contributed by atoms with E-state index < -0.39 is 5.41 Å². The lowest BCUT2D eigenvalue weighted by atomic mass is 9.64. The van der Waals surface area contributed by atoms with Crippen molar-refractivity contribution in [3.05, 3.63) is 126 Å². The SMILES string of the molecule is Cc1n(Cc2ccccc2)cc[n+]1[C@H]1CC[C@H](C(C(N)=O)(c2ccccc2)c2ccccc2)C1.[Br-]. The van der Waals surface area contributed by atoms with Crippen molar-refractivity contribution < 1.29 is 26.3 Å². The molecule has 0 radical (unpaired) electrons. The molecule has 0 saturated heterocycles. The van der Waals surface area contributed by atoms with Crippen molar-refractivity contribution in [2.45, 2.75) is 44.2 Å². The summed E-state index contributed by atoms with van der Waals surface area (Å²) >= 11 is 0. The minimum atomic E-state index is -0.835. The molecule has 4 nitrogen and oxygen atoms in total. The fourth-order valence-corrected chi connectivity index (χ4v) is 5.98. The number of imidazole rings is 1. The molecule has 1 aromatic heterocycles. The van der Waals surface area contributed by atoms with Crippen LogP contribution in [0.2, 0.25) is 0 Å². The van der Waals surface area contributed by atoms with Crippen molar-refractivity contribution in [3.63, 3.8) is 0 Å².